The van der Waals surface area contributed by atoms with Gasteiger partial charge in [-0.15, -0.1) is 0 Å². The molecule has 0 spiro atoms. The third-order valence-electron chi connectivity index (χ3n) is 1.66. The molecule has 14 heavy (non-hydrogen) atoms. The summed E-state index contributed by atoms with van der Waals surface area (Å²) in [5, 5.41) is 11.1. The third-order valence-corrected chi connectivity index (χ3v) is 1.66. The molecule has 0 saturated heterocycles. The maximum atomic E-state index is 10.9. The van der Waals surface area contributed by atoms with Crippen molar-refractivity contribution in [3.8, 4) is 0 Å². The van der Waals surface area contributed by atoms with Crippen molar-refractivity contribution in [1.29, 1.82) is 0 Å². The monoisotopic (exact) mass is 202 g/mol. The van der Waals surface area contributed by atoms with E-state index in [9.17, 15) is 4.79 Å². The topological polar surface area (TPSA) is 105 Å². The number of hydrogen-bond acceptors (Lipinski definition) is 3. The van der Waals surface area contributed by atoms with Gasteiger partial charge in [-0.25, -0.2) is 4.79 Å². The third kappa shape index (κ3) is 5.23. The summed E-state index contributed by atoms with van der Waals surface area (Å²) < 4.78 is 0. The van der Waals surface area contributed by atoms with E-state index in [-0.39, 0.29) is 5.84 Å². The van der Waals surface area contributed by atoms with Crippen LogP contribution < -0.4 is 11.5 Å². The largest absolute Gasteiger partial charge is 0.409 e. The van der Waals surface area contributed by atoms with Crippen molar-refractivity contribution in [2.24, 2.45) is 22.5 Å². The molecule has 0 aliphatic heterocycles. The molecule has 0 aromatic rings. The molecule has 0 bridgehead atoms. The molecule has 0 rings (SSSR count). The second kappa shape index (κ2) is 6.06. The van der Waals surface area contributed by atoms with E-state index in [0.29, 0.717) is 25.4 Å². The number of nitrogens with two attached hydrogens (primary N) is 2. The number of nitrogens with zero attached hydrogens (tertiary/aromatic N) is 2. The van der Waals surface area contributed by atoms with Crippen molar-refractivity contribution in [3.63, 3.8) is 0 Å². The van der Waals surface area contributed by atoms with Gasteiger partial charge in [-0.2, -0.15) is 0 Å². The van der Waals surface area contributed by atoms with Crippen LogP contribution in [-0.4, -0.2) is 35.1 Å². The summed E-state index contributed by atoms with van der Waals surface area (Å²) in [5.41, 5.74) is 10.4. The Labute approximate surface area is 83.5 Å². The van der Waals surface area contributed by atoms with E-state index in [1.165, 1.54) is 4.90 Å². The fourth-order valence-electron chi connectivity index (χ4n) is 1.03. The Bertz CT molecular complexity index is 215. The van der Waals surface area contributed by atoms with Crippen LogP contribution in [0.4, 0.5) is 4.79 Å². The molecule has 2 amide bonds. The lowest BCUT2D eigenvalue weighted by molar-refractivity contribution is 0.202. The molecule has 0 aromatic heterocycles. The predicted octanol–water partition coefficient (Wildman–Crippen LogP) is 0.160. The molecule has 0 radical (unpaired) electrons. The zero-order valence-electron chi connectivity index (χ0n) is 8.60. The maximum absolute atomic E-state index is 10.9. The first-order chi connectivity index (χ1) is 6.47. The fraction of sp³-hybridized carbons (Fsp3) is 0.750. The van der Waals surface area contributed by atoms with Gasteiger partial charge >= 0.3 is 6.03 Å². The summed E-state index contributed by atoms with van der Waals surface area (Å²) in [4.78, 5) is 12.4. The molecule has 0 atom stereocenters. The van der Waals surface area contributed by atoms with Gasteiger partial charge in [0.05, 0.1) is 0 Å². The van der Waals surface area contributed by atoms with Crippen LogP contribution in [-0.2, 0) is 0 Å². The first kappa shape index (κ1) is 12.5. The Morgan fingerprint density at radius 2 is 2.07 bits per heavy atom. The SMILES string of the molecule is CC(C)CN(CCC(N)=NO)C(N)=O. The van der Waals surface area contributed by atoms with Gasteiger partial charge in [0.2, 0.25) is 0 Å². The standard InChI is InChI=1S/C8H18N4O2/c1-6(2)5-12(8(10)13)4-3-7(9)11-14/h6,14H,3-5H2,1-2H3,(H2,9,11)(H2,10,13). The van der Waals surface area contributed by atoms with E-state index in [1.807, 2.05) is 13.8 Å². The van der Waals surface area contributed by atoms with Crippen molar-refractivity contribution in [3.05, 3.63) is 0 Å². The lowest BCUT2D eigenvalue weighted by Crippen LogP contribution is -2.40. The molecular weight excluding hydrogens is 184 g/mol. The van der Waals surface area contributed by atoms with E-state index in [4.69, 9.17) is 16.7 Å². The zero-order chi connectivity index (χ0) is 11.1. The molecule has 82 valence electrons. The number of oxime groups is 1. The smallest absolute Gasteiger partial charge is 0.314 e. The molecule has 0 saturated carbocycles. The van der Waals surface area contributed by atoms with Crippen LogP contribution in [0.25, 0.3) is 0 Å². The highest BCUT2D eigenvalue weighted by atomic mass is 16.4. The minimum absolute atomic E-state index is 0.0972. The number of primary amides is 1. The van der Waals surface area contributed by atoms with Crippen molar-refractivity contribution in [2.45, 2.75) is 20.3 Å². The second-order valence-corrected chi connectivity index (χ2v) is 3.52. The number of amidine groups is 1. The van der Waals surface area contributed by atoms with Crippen molar-refractivity contribution in [2.75, 3.05) is 13.1 Å². The molecule has 6 heteroatoms. The van der Waals surface area contributed by atoms with Crippen LogP contribution in [0.15, 0.2) is 5.16 Å². The van der Waals surface area contributed by atoms with Crippen LogP contribution in [0, 0.1) is 5.92 Å². The summed E-state index contributed by atoms with van der Waals surface area (Å²) in [5.74, 6) is 0.440. The lowest BCUT2D eigenvalue weighted by Gasteiger charge is -2.21. The van der Waals surface area contributed by atoms with Crippen molar-refractivity contribution >= 4 is 11.9 Å². The highest BCUT2D eigenvalue weighted by Crippen LogP contribution is 1.99. The Morgan fingerprint density at radius 1 is 1.50 bits per heavy atom. The van der Waals surface area contributed by atoms with E-state index < -0.39 is 6.03 Å². The Kier molecular flexibility index (Phi) is 5.43. The maximum Gasteiger partial charge on any atom is 0.314 e. The predicted molar refractivity (Wildman–Crippen MR) is 54.0 cm³/mol. The molecule has 0 aliphatic carbocycles. The van der Waals surface area contributed by atoms with Crippen LogP contribution in [0.1, 0.15) is 20.3 Å². The summed E-state index contributed by atoms with van der Waals surface area (Å²) in [7, 11) is 0. The zero-order valence-corrected chi connectivity index (χ0v) is 8.60. The molecule has 0 heterocycles. The molecule has 5 N–H and O–H groups in total. The van der Waals surface area contributed by atoms with Gasteiger partial charge in [0.25, 0.3) is 0 Å². The Balaban J connectivity index is 4.04. The number of carbonyl (C=O) groups excluding carboxylic acids is 1. The first-order valence-corrected chi connectivity index (χ1v) is 4.48. The number of amides is 2. The normalized spacial score (nSPS) is 11.8. The van der Waals surface area contributed by atoms with E-state index >= 15 is 0 Å². The minimum Gasteiger partial charge on any atom is -0.409 e. The van der Waals surface area contributed by atoms with Gasteiger partial charge in [0.15, 0.2) is 0 Å². The van der Waals surface area contributed by atoms with Gasteiger partial charge in [0, 0.05) is 19.5 Å². The lowest BCUT2D eigenvalue weighted by atomic mass is 10.2. The van der Waals surface area contributed by atoms with Crippen molar-refractivity contribution in [1.82, 2.24) is 4.90 Å². The van der Waals surface area contributed by atoms with Gasteiger partial charge < -0.3 is 21.6 Å². The van der Waals surface area contributed by atoms with Crippen LogP contribution in [0.2, 0.25) is 0 Å². The molecule has 0 unspecified atom stereocenters. The van der Waals surface area contributed by atoms with Crippen LogP contribution in [0.5, 0.6) is 0 Å². The summed E-state index contributed by atoms with van der Waals surface area (Å²) in [6.07, 6.45) is 0.326. The minimum atomic E-state index is -0.482. The molecule has 0 fully saturated rings. The van der Waals surface area contributed by atoms with Crippen LogP contribution in [0.3, 0.4) is 0 Å². The molecule has 0 aliphatic rings. The molecule has 6 nitrogen and oxygen atoms in total. The highest BCUT2D eigenvalue weighted by molar-refractivity contribution is 5.80. The van der Waals surface area contributed by atoms with Gasteiger partial charge in [-0.05, 0) is 5.92 Å². The number of rotatable bonds is 5. The van der Waals surface area contributed by atoms with Gasteiger partial charge in [-0.1, -0.05) is 19.0 Å². The van der Waals surface area contributed by atoms with Gasteiger partial charge in [-0.3, -0.25) is 0 Å². The molecule has 0 aromatic carbocycles. The Morgan fingerprint density at radius 3 is 2.43 bits per heavy atom. The van der Waals surface area contributed by atoms with Crippen molar-refractivity contribution < 1.29 is 10.0 Å². The quantitative estimate of drug-likeness (QED) is 0.256. The Hall–Kier alpha value is -1.46. The summed E-state index contributed by atoms with van der Waals surface area (Å²) >= 11 is 0. The molecular formula is C8H18N4O2. The second-order valence-electron chi connectivity index (χ2n) is 3.52. The van der Waals surface area contributed by atoms with E-state index in [2.05, 4.69) is 5.16 Å². The van der Waals surface area contributed by atoms with E-state index in [1.54, 1.807) is 0 Å². The number of carbonyl (C=O) groups is 1. The average molecular weight is 202 g/mol. The number of urea groups is 1. The summed E-state index contributed by atoms with van der Waals surface area (Å²) in [6, 6.07) is -0.482. The average Bonchev–Trinajstić information content (AvgIpc) is 2.10. The summed E-state index contributed by atoms with van der Waals surface area (Å²) in [6.45, 7) is 4.93. The highest BCUT2D eigenvalue weighted by Gasteiger charge is 2.11. The fourth-order valence-corrected chi connectivity index (χ4v) is 1.03. The van der Waals surface area contributed by atoms with Crippen LogP contribution >= 0.6 is 0 Å². The first-order valence-electron chi connectivity index (χ1n) is 4.48. The number of hydrogen-bond donors (Lipinski definition) is 3. The van der Waals surface area contributed by atoms with Gasteiger partial charge in [0.1, 0.15) is 5.84 Å². The van der Waals surface area contributed by atoms with E-state index in [0.717, 1.165) is 0 Å².